The zero-order valence-corrected chi connectivity index (χ0v) is 4.13. The third kappa shape index (κ3) is 0.995. The summed E-state index contributed by atoms with van der Waals surface area (Å²) in [5.41, 5.74) is -0.262. The predicted octanol–water partition coefficient (Wildman–Crippen LogP) is -0.566. The number of hydrogen-bond donors (Lipinski definition) is 0. The van der Waals surface area contributed by atoms with Crippen molar-refractivity contribution in [3.63, 3.8) is 0 Å². The molecule has 0 aliphatic heterocycles. The van der Waals surface area contributed by atoms with Gasteiger partial charge in [-0.2, -0.15) is 0 Å². The van der Waals surface area contributed by atoms with Crippen LogP contribution in [0, 0.1) is 0 Å². The molecular formula is C5H3BO2. The quantitative estimate of drug-likeness (QED) is 0.414. The highest BCUT2D eigenvalue weighted by atomic mass is 16.4. The molecule has 0 N–H and O–H groups in total. The third-order valence-corrected chi connectivity index (χ3v) is 0.711. The van der Waals surface area contributed by atoms with Crippen molar-refractivity contribution in [2.45, 2.75) is 0 Å². The second-order valence-corrected chi connectivity index (χ2v) is 1.35. The van der Waals surface area contributed by atoms with Crippen molar-refractivity contribution in [3.05, 3.63) is 28.6 Å². The second kappa shape index (κ2) is 1.86. The first-order valence-corrected chi connectivity index (χ1v) is 2.15. The highest BCUT2D eigenvalue weighted by Gasteiger charge is 1.82. The SMILES string of the molecule is [B]c1cccc(=O)o1. The highest BCUT2D eigenvalue weighted by Crippen LogP contribution is 1.68. The molecule has 2 nitrogen and oxygen atoms in total. The summed E-state index contributed by atoms with van der Waals surface area (Å²) in [6.07, 6.45) is 0. The lowest BCUT2D eigenvalue weighted by Gasteiger charge is -1.83. The maximum atomic E-state index is 10.2. The molecule has 0 unspecified atom stereocenters. The molecule has 0 amide bonds. The van der Waals surface area contributed by atoms with Gasteiger partial charge in [-0.15, -0.1) is 0 Å². The van der Waals surface area contributed by atoms with E-state index >= 15 is 0 Å². The maximum absolute atomic E-state index is 10.2. The molecule has 0 bridgehead atoms. The fourth-order valence-corrected chi connectivity index (χ4v) is 0.406. The summed E-state index contributed by atoms with van der Waals surface area (Å²) in [5, 5.41) is 0. The Kier molecular flexibility index (Phi) is 1.20. The van der Waals surface area contributed by atoms with E-state index in [1.165, 1.54) is 12.1 Å². The first kappa shape index (κ1) is 5.16. The van der Waals surface area contributed by atoms with Crippen molar-refractivity contribution in [2.75, 3.05) is 0 Å². The Labute approximate surface area is 47.5 Å². The minimum atomic E-state index is -0.412. The summed E-state index contributed by atoms with van der Waals surface area (Å²) in [5.74, 6) is 0. The molecule has 3 heteroatoms. The lowest BCUT2D eigenvalue weighted by molar-refractivity contribution is 0.544. The molecule has 0 saturated carbocycles. The summed E-state index contributed by atoms with van der Waals surface area (Å²) >= 11 is 0. The average molecular weight is 106 g/mol. The van der Waals surface area contributed by atoms with Crippen LogP contribution in [0.25, 0.3) is 0 Å². The van der Waals surface area contributed by atoms with Gasteiger partial charge in [0.2, 0.25) is 0 Å². The molecule has 38 valence electrons. The molecule has 0 fully saturated rings. The van der Waals surface area contributed by atoms with Crippen LogP contribution in [-0.2, 0) is 0 Å². The minimum Gasteiger partial charge on any atom is -0.440 e. The Morgan fingerprint density at radius 2 is 2.25 bits per heavy atom. The molecule has 1 heterocycles. The van der Waals surface area contributed by atoms with Crippen molar-refractivity contribution in [3.8, 4) is 0 Å². The highest BCUT2D eigenvalue weighted by molar-refractivity contribution is 6.29. The van der Waals surface area contributed by atoms with Gasteiger partial charge in [0, 0.05) is 6.07 Å². The van der Waals surface area contributed by atoms with Gasteiger partial charge in [0.05, 0.1) is 5.66 Å². The van der Waals surface area contributed by atoms with E-state index in [1.807, 2.05) is 0 Å². The lowest BCUT2D eigenvalue weighted by atomic mass is 10.1. The molecule has 8 heavy (non-hydrogen) atoms. The third-order valence-electron chi connectivity index (χ3n) is 0.711. The molecule has 0 saturated heterocycles. The van der Waals surface area contributed by atoms with Gasteiger partial charge < -0.3 is 4.42 Å². The van der Waals surface area contributed by atoms with E-state index in [1.54, 1.807) is 6.07 Å². The van der Waals surface area contributed by atoms with E-state index in [4.69, 9.17) is 7.85 Å². The molecule has 0 aliphatic rings. The summed E-state index contributed by atoms with van der Waals surface area (Å²) in [7, 11) is 5.09. The number of rotatable bonds is 0. The van der Waals surface area contributed by atoms with Crippen LogP contribution in [0.1, 0.15) is 0 Å². The lowest BCUT2D eigenvalue weighted by Crippen LogP contribution is -2.09. The van der Waals surface area contributed by atoms with Gasteiger partial charge in [-0.05, 0) is 6.07 Å². The molecule has 1 aromatic heterocycles. The number of hydrogen-bond acceptors (Lipinski definition) is 2. The van der Waals surface area contributed by atoms with E-state index in [9.17, 15) is 4.79 Å². The van der Waals surface area contributed by atoms with E-state index in [2.05, 4.69) is 4.42 Å². The molecule has 0 spiro atoms. The first-order chi connectivity index (χ1) is 3.79. The Morgan fingerprint density at radius 1 is 1.50 bits per heavy atom. The van der Waals surface area contributed by atoms with Crippen LogP contribution in [0.4, 0.5) is 0 Å². The zero-order chi connectivity index (χ0) is 5.98. The van der Waals surface area contributed by atoms with Gasteiger partial charge in [0.15, 0.2) is 7.85 Å². The van der Waals surface area contributed by atoms with E-state index in [0.29, 0.717) is 0 Å². The Morgan fingerprint density at radius 3 is 2.62 bits per heavy atom. The normalized spacial score (nSPS) is 9.00. The minimum absolute atomic E-state index is 0.150. The van der Waals surface area contributed by atoms with Crippen molar-refractivity contribution in [2.24, 2.45) is 0 Å². The molecule has 0 aliphatic carbocycles. The van der Waals surface area contributed by atoms with E-state index < -0.39 is 5.63 Å². The van der Waals surface area contributed by atoms with Crippen LogP contribution in [0.3, 0.4) is 0 Å². The first-order valence-electron chi connectivity index (χ1n) is 2.15. The smallest absolute Gasteiger partial charge is 0.334 e. The van der Waals surface area contributed by atoms with Crippen LogP contribution < -0.4 is 11.3 Å². The van der Waals surface area contributed by atoms with Crippen molar-refractivity contribution >= 4 is 13.5 Å². The Bertz CT molecular complexity index is 228. The largest absolute Gasteiger partial charge is 0.440 e. The zero-order valence-electron chi connectivity index (χ0n) is 4.13. The molecule has 2 radical (unpaired) electrons. The Balaban J connectivity index is 3.28. The fraction of sp³-hybridized carbons (Fsp3) is 0. The van der Waals surface area contributed by atoms with Crippen LogP contribution in [0.15, 0.2) is 27.4 Å². The maximum Gasteiger partial charge on any atom is 0.334 e. The molecular weight excluding hydrogens is 103 g/mol. The fourth-order valence-electron chi connectivity index (χ4n) is 0.406. The molecule has 0 atom stereocenters. The van der Waals surface area contributed by atoms with Gasteiger partial charge in [-0.25, -0.2) is 4.79 Å². The van der Waals surface area contributed by atoms with Crippen LogP contribution >= 0.6 is 0 Å². The average Bonchev–Trinajstić information content (AvgIpc) is 1.64. The predicted molar refractivity (Wildman–Crippen MR) is 30.4 cm³/mol. The standard InChI is InChI=1S/C5H3BO2/c6-4-2-1-3-5(7)8-4/h1-3H. The summed E-state index contributed by atoms with van der Waals surface area (Å²) < 4.78 is 4.40. The van der Waals surface area contributed by atoms with Crippen LogP contribution in [0.2, 0.25) is 0 Å². The topological polar surface area (TPSA) is 30.2 Å². The summed E-state index contributed by atoms with van der Waals surface area (Å²) in [6, 6.07) is 4.36. The second-order valence-electron chi connectivity index (χ2n) is 1.35. The molecule has 0 aromatic carbocycles. The van der Waals surface area contributed by atoms with Crippen molar-refractivity contribution in [1.29, 1.82) is 0 Å². The van der Waals surface area contributed by atoms with Crippen LogP contribution in [-0.4, -0.2) is 7.85 Å². The summed E-state index contributed by atoms with van der Waals surface area (Å²) in [6.45, 7) is 0. The van der Waals surface area contributed by atoms with Crippen molar-refractivity contribution < 1.29 is 4.42 Å². The van der Waals surface area contributed by atoms with Crippen molar-refractivity contribution in [1.82, 2.24) is 0 Å². The Hall–Kier alpha value is -0.985. The van der Waals surface area contributed by atoms with Gasteiger partial charge in [0.1, 0.15) is 0 Å². The van der Waals surface area contributed by atoms with Gasteiger partial charge >= 0.3 is 5.63 Å². The van der Waals surface area contributed by atoms with E-state index in [0.717, 1.165) is 0 Å². The van der Waals surface area contributed by atoms with Crippen LogP contribution in [0.5, 0.6) is 0 Å². The van der Waals surface area contributed by atoms with E-state index in [-0.39, 0.29) is 5.66 Å². The summed E-state index contributed by atoms with van der Waals surface area (Å²) in [4.78, 5) is 10.2. The molecule has 1 rings (SSSR count). The van der Waals surface area contributed by atoms with Gasteiger partial charge in [-0.3, -0.25) is 0 Å². The molecule has 1 aromatic rings. The van der Waals surface area contributed by atoms with Gasteiger partial charge in [0.25, 0.3) is 0 Å². The van der Waals surface area contributed by atoms with Gasteiger partial charge in [-0.1, -0.05) is 6.07 Å². The monoisotopic (exact) mass is 106 g/mol.